The van der Waals surface area contributed by atoms with Crippen LogP contribution in [0.15, 0.2) is 66.9 Å². The molecule has 0 saturated carbocycles. The van der Waals surface area contributed by atoms with E-state index in [0.717, 1.165) is 50.4 Å². The number of pyridine rings is 1. The van der Waals surface area contributed by atoms with Gasteiger partial charge >= 0.3 is 0 Å². The Hall–Kier alpha value is -3.55. The largest absolute Gasteiger partial charge is 0.398 e. The average Bonchev–Trinajstić information content (AvgIpc) is 2.87. The highest BCUT2D eigenvalue weighted by Crippen LogP contribution is 2.30. The van der Waals surface area contributed by atoms with E-state index < -0.39 is 0 Å². The molecule has 1 amide bonds. The molecule has 7 nitrogen and oxygen atoms in total. The first-order valence-electron chi connectivity index (χ1n) is 12.2. The highest BCUT2D eigenvalue weighted by molar-refractivity contribution is 6.14. The van der Waals surface area contributed by atoms with E-state index in [-0.39, 0.29) is 5.91 Å². The Labute approximate surface area is 205 Å². The molecule has 35 heavy (non-hydrogen) atoms. The molecular weight excluding hydrogens is 438 g/mol. The van der Waals surface area contributed by atoms with Crippen molar-refractivity contribution in [3.63, 3.8) is 0 Å². The van der Waals surface area contributed by atoms with Gasteiger partial charge in [0.25, 0.3) is 5.91 Å². The minimum absolute atomic E-state index is 0.222. The zero-order valence-corrected chi connectivity index (χ0v) is 19.7. The Morgan fingerprint density at radius 3 is 2.46 bits per heavy atom. The fourth-order valence-corrected chi connectivity index (χ4v) is 4.80. The molecular formula is C28H31N5O2. The topological polar surface area (TPSA) is 104 Å². The summed E-state index contributed by atoms with van der Waals surface area (Å²) in [6.07, 6.45) is 3.99. The molecule has 3 heterocycles. The molecule has 2 aliphatic rings. The lowest BCUT2D eigenvalue weighted by Crippen LogP contribution is -2.51. The highest BCUT2D eigenvalue weighted by atomic mass is 16.5. The zero-order valence-electron chi connectivity index (χ0n) is 19.7. The minimum atomic E-state index is -0.222. The maximum Gasteiger partial charge on any atom is 0.251 e. The average molecular weight is 470 g/mol. The molecule has 180 valence electrons. The van der Waals surface area contributed by atoms with E-state index in [0.29, 0.717) is 41.0 Å². The lowest BCUT2D eigenvalue weighted by Gasteiger charge is -2.41. The van der Waals surface area contributed by atoms with Gasteiger partial charge in [-0.25, -0.2) is 0 Å². The third-order valence-electron chi connectivity index (χ3n) is 7.08. The summed E-state index contributed by atoms with van der Waals surface area (Å²) in [7, 11) is 0. The van der Waals surface area contributed by atoms with Gasteiger partial charge in [0, 0.05) is 28.6 Å². The number of nitrogen functional groups attached to an aromatic ring is 1. The third-order valence-corrected chi connectivity index (χ3v) is 7.08. The van der Waals surface area contributed by atoms with E-state index in [4.69, 9.17) is 15.9 Å². The van der Waals surface area contributed by atoms with E-state index in [1.165, 1.54) is 5.56 Å². The predicted octanol–water partition coefficient (Wildman–Crippen LogP) is 3.59. The van der Waals surface area contributed by atoms with Crippen molar-refractivity contribution >= 4 is 17.3 Å². The number of rotatable bonds is 7. The van der Waals surface area contributed by atoms with Gasteiger partial charge in [-0.15, -0.1) is 0 Å². The summed E-state index contributed by atoms with van der Waals surface area (Å²) in [5, 5.41) is 11.6. The number of carbonyl (C=O) groups excluding carboxylic acids is 1. The van der Waals surface area contributed by atoms with Gasteiger partial charge in [-0.05, 0) is 67.7 Å². The van der Waals surface area contributed by atoms with Crippen molar-refractivity contribution in [3.05, 3.63) is 94.8 Å². The summed E-state index contributed by atoms with van der Waals surface area (Å²) < 4.78 is 5.34. The summed E-state index contributed by atoms with van der Waals surface area (Å²) in [5.74, 6) is 0.325. The van der Waals surface area contributed by atoms with Crippen LogP contribution in [-0.2, 0) is 11.3 Å². The van der Waals surface area contributed by atoms with Crippen LogP contribution in [0, 0.1) is 5.41 Å². The zero-order chi connectivity index (χ0) is 24.2. The van der Waals surface area contributed by atoms with Crippen molar-refractivity contribution in [2.24, 2.45) is 0 Å². The van der Waals surface area contributed by atoms with Crippen LogP contribution < -0.4 is 11.1 Å². The number of piperidine rings is 1. The predicted molar refractivity (Wildman–Crippen MR) is 137 cm³/mol. The summed E-state index contributed by atoms with van der Waals surface area (Å²) in [6, 6.07) is 19.5. The lowest BCUT2D eigenvalue weighted by molar-refractivity contribution is -0.0712. The number of aromatic nitrogens is 1. The molecule has 0 radical (unpaired) electrons. The second kappa shape index (κ2) is 10.4. The van der Waals surface area contributed by atoms with Crippen LogP contribution in [0.25, 0.3) is 0 Å². The molecule has 0 aliphatic carbocycles. The van der Waals surface area contributed by atoms with Crippen molar-refractivity contribution in [2.75, 3.05) is 32.0 Å². The number of likely N-dealkylation sites (tertiary alicyclic amines) is 1. The van der Waals surface area contributed by atoms with E-state index in [2.05, 4.69) is 27.3 Å². The van der Waals surface area contributed by atoms with Crippen LogP contribution >= 0.6 is 0 Å². The van der Waals surface area contributed by atoms with Crippen molar-refractivity contribution in [1.29, 1.82) is 5.41 Å². The standard InChI is InChI=1S/C28H31N5O2/c29-26-9-8-22(28(34)32-16-23-3-1-2-12-31-23)15-25(26)27(30)21-6-4-19(5-7-21)20-10-13-33(14-11-20)24-17-35-18-24/h1-9,12,15,20,24,30H,10-11,13-14,16-18,29H2,(H,32,34). The quantitative estimate of drug-likeness (QED) is 0.362. The van der Waals surface area contributed by atoms with Gasteiger partial charge in [0.1, 0.15) is 0 Å². The third kappa shape index (κ3) is 5.26. The Bertz CT molecular complexity index is 1180. The van der Waals surface area contributed by atoms with Crippen LogP contribution in [0.5, 0.6) is 0 Å². The minimum Gasteiger partial charge on any atom is -0.398 e. The molecule has 1 aromatic heterocycles. The number of anilines is 1. The number of nitrogens with zero attached hydrogens (tertiary/aromatic N) is 2. The van der Waals surface area contributed by atoms with Crippen molar-refractivity contribution < 1.29 is 9.53 Å². The summed E-state index contributed by atoms with van der Waals surface area (Å²) >= 11 is 0. The molecule has 5 rings (SSSR count). The fourth-order valence-electron chi connectivity index (χ4n) is 4.80. The monoisotopic (exact) mass is 469 g/mol. The molecule has 0 spiro atoms. The molecule has 3 aromatic rings. The molecule has 2 fully saturated rings. The van der Waals surface area contributed by atoms with E-state index >= 15 is 0 Å². The number of nitrogens with one attached hydrogen (secondary N) is 2. The SMILES string of the molecule is N=C(c1ccc(C2CCN(C3COC3)CC2)cc1)c1cc(C(=O)NCc2ccccn2)ccc1N. The maximum atomic E-state index is 12.7. The molecule has 7 heteroatoms. The van der Waals surface area contributed by atoms with Gasteiger partial charge in [0.2, 0.25) is 0 Å². The Balaban J connectivity index is 1.23. The molecule has 2 aromatic carbocycles. The van der Waals surface area contributed by atoms with Gasteiger partial charge in [0.15, 0.2) is 0 Å². The van der Waals surface area contributed by atoms with Crippen molar-refractivity contribution in [3.8, 4) is 0 Å². The van der Waals surface area contributed by atoms with E-state index in [9.17, 15) is 4.79 Å². The normalized spacial score (nSPS) is 17.0. The van der Waals surface area contributed by atoms with Gasteiger partial charge in [-0.2, -0.15) is 0 Å². The number of nitrogens with two attached hydrogens (primary N) is 1. The van der Waals surface area contributed by atoms with Crippen LogP contribution in [0.2, 0.25) is 0 Å². The first-order chi connectivity index (χ1) is 17.1. The van der Waals surface area contributed by atoms with Crippen LogP contribution in [0.3, 0.4) is 0 Å². The molecule has 0 bridgehead atoms. The van der Waals surface area contributed by atoms with Crippen LogP contribution in [-0.4, -0.2) is 53.8 Å². The van der Waals surface area contributed by atoms with Gasteiger partial charge in [0.05, 0.1) is 37.2 Å². The van der Waals surface area contributed by atoms with Crippen LogP contribution in [0.4, 0.5) is 5.69 Å². The number of carbonyl (C=O) groups is 1. The summed E-state index contributed by atoms with van der Waals surface area (Å²) in [5.41, 5.74) is 10.9. The first kappa shape index (κ1) is 23.2. The van der Waals surface area contributed by atoms with Crippen LogP contribution in [0.1, 0.15) is 51.5 Å². The maximum absolute atomic E-state index is 12.7. The number of ether oxygens (including phenoxy) is 1. The second-order valence-corrected chi connectivity index (χ2v) is 9.30. The Morgan fingerprint density at radius 2 is 1.80 bits per heavy atom. The van der Waals surface area contributed by atoms with Gasteiger partial charge < -0.3 is 15.8 Å². The first-order valence-corrected chi connectivity index (χ1v) is 12.2. The van der Waals surface area contributed by atoms with E-state index in [1.54, 1.807) is 24.4 Å². The lowest BCUT2D eigenvalue weighted by atomic mass is 9.87. The number of hydrogen-bond donors (Lipinski definition) is 3. The molecule has 2 saturated heterocycles. The second-order valence-electron chi connectivity index (χ2n) is 9.30. The highest BCUT2D eigenvalue weighted by Gasteiger charge is 2.30. The van der Waals surface area contributed by atoms with Crippen molar-refractivity contribution in [2.45, 2.75) is 31.3 Å². The molecule has 0 unspecified atom stereocenters. The number of amides is 1. The Morgan fingerprint density at radius 1 is 1.06 bits per heavy atom. The molecule has 0 atom stereocenters. The van der Waals surface area contributed by atoms with E-state index in [1.807, 2.05) is 30.3 Å². The smallest absolute Gasteiger partial charge is 0.251 e. The Kier molecular flexibility index (Phi) is 6.88. The fraction of sp³-hybridized carbons (Fsp3) is 0.321. The summed E-state index contributed by atoms with van der Waals surface area (Å²) in [6.45, 7) is 4.31. The molecule has 2 aliphatic heterocycles. The van der Waals surface area contributed by atoms with Gasteiger partial charge in [-0.1, -0.05) is 30.3 Å². The van der Waals surface area contributed by atoms with Crippen molar-refractivity contribution in [1.82, 2.24) is 15.2 Å². The number of benzene rings is 2. The number of hydrogen-bond acceptors (Lipinski definition) is 6. The van der Waals surface area contributed by atoms with Gasteiger partial charge in [-0.3, -0.25) is 20.1 Å². The molecule has 4 N–H and O–H groups in total. The summed E-state index contributed by atoms with van der Waals surface area (Å²) in [4.78, 5) is 19.5.